The molecule has 2 fully saturated rings. The first kappa shape index (κ1) is 13.5. The highest BCUT2D eigenvalue weighted by atomic mass is 32.1. The van der Waals surface area contributed by atoms with E-state index in [0.717, 1.165) is 17.7 Å². The van der Waals surface area contributed by atoms with Crippen LogP contribution in [0.25, 0.3) is 0 Å². The normalized spacial score (nSPS) is 23.9. The Bertz CT molecular complexity index is 701. The van der Waals surface area contributed by atoms with Gasteiger partial charge in [-0.3, -0.25) is 14.6 Å². The number of fused-ring (bicyclic) bond motifs is 1. The molecule has 0 radical (unpaired) electrons. The number of carbonyl (C=O) groups excluding carboxylic acids is 2. The fourth-order valence-corrected chi connectivity index (χ4v) is 4.11. The molecule has 2 aromatic heterocycles. The van der Waals surface area contributed by atoms with Crippen LogP contribution < -0.4 is 4.90 Å². The molecule has 2 aliphatic heterocycles. The summed E-state index contributed by atoms with van der Waals surface area (Å²) in [4.78, 5) is 32.8. The van der Waals surface area contributed by atoms with E-state index < -0.39 is 0 Å². The molecule has 4 rings (SSSR count). The highest BCUT2D eigenvalue weighted by molar-refractivity contribution is 7.08. The summed E-state index contributed by atoms with van der Waals surface area (Å²) in [6.45, 7) is 0.702. The van der Waals surface area contributed by atoms with Crippen molar-refractivity contribution in [3.05, 3.63) is 46.9 Å². The molecule has 4 heterocycles. The lowest BCUT2D eigenvalue weighted by atomic mass is 10.1. The van der Waals surface area contributed by atoms with Gasteiger partial charge in [-0.1, -0.05) is 0 Å². The van der Waals surface area contributed by atoms with Crippen molar-refractivity contribution >= 4 is 28.8 Å². The van der Waals surface area contributed by atoms with Gasteiger partial charge in [0.1, 0.15) is 0 Å². The minimum atomic E-state index is -0.0277. The first-order valence-electron chi connectivity index (χ1n) is 7.31. The van der Waals surface area contributed by atoms with E-state index in [-0.39, 0.29) is 23.9 Å². The van der Waals surface area contributed by atoms with Gasteiger partial charge in [-0.2, -0.15) is 11.3 Å². The highest BCUT2D eigenvalue weighted by Crippen LogP contribution is 2.36. The topological polar surface area (TPSA) is 53.5 Å². The maximum atomic E-state index is 12.6. The zero-order chi connectivity index (χ0) is 15.1. The highest BCUT2D eigenvalue weighted by Gasteiger charge is 2.49. The summed E-state index contributed by atoms with van der Waals surface area (Å²) in [7, 11) is 0. The predicted octanol–water partition coefficient (Wildman–Crippen LogP) is 2.16. The lowest BCUT2D eigenvalue weighted by Crippen LogP contribution is -2.39. The summed E-state index contributed by atoms with van der Waals surface area (Å²) in [5.41, 5.74) is 1.54. The Labute approximate surface area is 132 Å². The van der Waals surface area contributed by atoms with E-state index in [1.807, 2.05) is 38.8 Å². The number of likely N-dealkylation sites (tertiary alicyclic amines) is 1. The first-order chi connectivity index (χ1) is 10.8. The third kappa shape index (κ3) is 2.02. The van der Waals surface area contributed by atoms with Gasteiger partial charge in [0, 0.05) is 24.5 Å². The molecule has 0 aliphatic carbocycles. The van der Waals surface area contributed by atoms with Crippen LogP contribution in [0.2, 0.25) is 0 Å². The molecule has 0 N–H and O–H groups in total. The number of hydrogen-bond donors (Lipinski definition) is 0. The minimum Gasteiger partial charge on any atom is -0.333 e. The van der Waals surface area contributed by atoms with Gasteiger partial charge in [-0.25, -0.2) is 0 Å². The third-order valence-corrected chi connectivity index (χ3v) is 5.13. The molecule has 2 aliphatic rings. The minimum absolute atomic E-state index is 0.0277. The maximum absolute atomic E-state index is 12.6. The van der Waals surface area contributed by atoms with Gasteiger partial charge in [0.15, 0.2) is 0 Å². The van der Waals surface area contributed by atoms with Crippen LogP contribution in [0, 0.1) is 0 Å². The molecule has 0 spiro atoms. The Hall–Kier alpha value is -2.21. The fraction of sp³-hybridized carbons (Fsp3) is 0.312. The van der Waals surface area contributed by atoms with Crippen LogP contribution >= 0.6 is 11.3 Å². The van der Waals surface area contributed by atoms with Crippen LogP contribution in [-0.4, -0.2) is 40.3 Å². The summed E-state index contributed by atoms with van der Waals surface area (Å²) in [6, 6.07) is 5.62. The molecule has 2 aromatic rings. The molecule has 2 atom stereocenters. The molecule has 0 bridgehead atoms. The van der Waals surface area contributed by atoms with E-state index in [2.05, 4.69) is 4.98 Å². The fourth-order valence-electron chi connectivity index (χ4n) is 3.48. The summed E-state index contributed by atoms with van der Waals surface area (Å²) >= 11 is 1.52. The lowest BCUT2D eigenvalue weighted by Gasteiger charge is -2.25. The van der Waals surface area contributed by atoms with Crippen molar-refractivity contribution in [2.75, 3.05) is 11.4 Å². The van der Waals surface area contributed by atoms with E-state index in [1.165, 1.54) is 11.3 Å². The molecule has 2 amide bonds. The molecule has 0 saturated carbocycles. The lowest BCUT2D eigenvalue weighted by molar-refractivity contribution is -0.117. The van der Waals surface area contributed by atoms with Crippen molar-refractivity contribution in [2.45, 2.75) is 24.9 Å². The number of thiophene rings is 1. The van der Waals surface area contributed by atoms with E-state index in [1.54, 1.807) is 12.4 Å². The quantitative estimate of drug-likeness (QED) is 0.854. The van der Waals surface area contributed by atoms with Gasteiger partial charge in [-0.15, -0.1) is 0 Å². The maximum Gasteiger partial charge on any atom is 0.255 e. The molecule has 2 saturated heterocycles. The summed E-state index contributed by atoms with van der Waals surface area (Å²) < 4.78 is 0. The van der Waals surface area contributed by atoms with Gasteiger partial charge in [0.2, 0.25) is 5.91 Å². The van der Waals surface area contributed by atoms with Gasteiger partial charge >= 0.3 is 0 Å². The predicted molar refractivity (Wildman–Crippen MR) is 83.9 cm³/mol. The average molecular weight is 313 g/mol. The van der Waals surface area contributed by atoms with Crippen molar-refractivity contribution in [3.8, 4) is 0 Å². The van der Waals surface area contributed by atoms with E-state index >= 15 is 0 Å². The average Bonchev–Trinajstić information content (AvgIpc) is 3.23. The number of rotatable bonds is 2. The summed E-state index contributed by atoms with van der Waals surface area (Å²) in [5, 5.41) is 3.77. The second-order valence-corrected chi connectivity index (χ2v) is 6.39. The number of anilines is 1. The Morgan fingerprint density at radius 3 is 2.95 bits per heavy atom. The summed E-state index contributed by atoms with van der Waals surface area (Å²) in [5.74, 6) is 0.111. The number of hydrogen-bond acceptors (Lipinski definition) is 4. The van der Waals surface area contributed by atoms with Gasteiger partial charge in [0.25, 0.3) is 5.91 Å². The van der Waals surface area contributed by atoms with E-state index in [0.29, 0.717) is 13.0 Å². The zero-order valence-corrected chi connectivity index (χ0v) is 12.7. The van der Waals surface area contributed by atoms with Crippen LogP contribution in [0.3, 0.4) is 0 Å². The molecule has 6 heteroatoms. The Morgan fingerprint density at radius 1 is 1.32 bits per heavy atom. The monoisotopic (exact) mass is 313 g/mol. The largest absolute Gasteiger partial charge is 0.333 e. The van der Waals surface area contributed by atoms with Crippen LogP contribution in [-0.2, 0) is 4.79 Å². The SMILES string of the molecule is O=C(c1ccsc1)N1CC[C@H]2[C@H]1CC(=O)N2c1cccnc1. The van der Waals surface area contributed by atoms with Crippen molar-refractivity contribution in [2.24, 2.45) is 0 Å². The first-order valence-corrected chi connectivity index (χ1v) is 8.25. The number of carbonyl (C=O) groups is 2. The van der Waals surface area contributed by atoms with Crippen molar-refractivity contribution in [1.82, 2.24) is 9.88 Å². The second-order valence-electron chi connectivity index (χ2n) is 5.61. The number of pyridine rings is 1. The zero-order valence-electron chi connectivity index (χ0n) is 11.9. The number of aromatic nitrogens is 1. The number of nitrogens with zero attached hydrogens (tertiary/aromatic N) is 3. The van der Waals surface area contributed by atoms with Crippen molar-refractivity contribution in [3.63, 3.8) is 0 Å². The van der Waals surface area contributed by atoms with Gasteiger partial charge in [0.05, 0.1) is 29.5 Å². The molecule has 5 nitrogen and oxygen atoms in total. The van der Waals surface area contributed by atoms with Crippen molar-refractivity contribution in [1.29, 1.82) is 0 Å². The van der Waals surface area contributed by atoms with Gasteiger partial charge in [-0.05, 0) is 30.0 Å². The molecular formula is C16H15N3O2S. The van der Waals surface area contributed by atoms with Crippen LogP contribution in [0.4, 0.5) is 5.69 Å². The molecule has 22 heavy (non-hydrogen) atoms. The van der Waals surface area contributed by atoms with Crippen molar-refractivity contribution < 1.29 is 9.59 Å². The van der Waals surface area contributed by atoms with Crippen LogP contribution in [0.5, 0.6) is 0 Å². The molecular weight excluding hydrogens is 298 g/mol. The smallest absolute Gasteiger partial charge is 0.255 e. The Morgan fingerprint density at radius 2 is 2.23 bits per heavy atom. The van der Waals surface area contributed by atoms with E-state index in [9.17, 15) is 9.59 Å². The van der Waals surface area contributed by atoms with E-state index in [4.69, 9.17) is 0 Å². The summed E-state index contributed by atoms with van der Waals surface area (Å²) in [6.07, 6.45) is 4.63. The number of amides is 2. The third-order valence-electron chi connectivity index (χ3n) is 4.45. The molecule has 0 unspecified atom stereocenters. The molecule has 0 aromatic carbocycles. The van der Waals surface area contributed by atoms with Crippen LogP contribution in [0.1, 0.15) is 23.2 Å². The Kier molecular flexibility index (Phi) is 3.18. The second kappa shape index (κ2) is 5.21. The van der Waals surface area contributed by atoms with Gasteiger partial charge < -0.3 is 9.80 Å². The molecule has 112 valence electrons. The van der Waals surface area contributed by atoms with Crippen LogP contribution in [0.15, 0.2) is 41.4 Å². The Balaban J connectivity index is 1.61. The standard InChI is InChI=1S/C16H15N3O2S/c20-15-8-14-13(19(15)12-2-1-5-17-9-12)3-6-18(14)16(21)11-4-7-22-10-11/h1-2,4-5,7,9-10,13-14H,3,6,8H2/t13-,14+/m0/s1.